The zero-order chi connectivity index (χ0) is 23.3. The number of thiophene rings is 1. The van der Waals surface area contributed by atoms with Gasteiger partial charge in [0.2, 0.25) is 5.91 Å². The Labute approximate surface area is 190 Å². The summed E-state index contributed by atoms with van der Waals surface area (Å²) in [6.45, 7) is 3.47. The Kier molecular flexibility index (Phi) is 7.21. The third kappa shape index (κ3) is 5.29. The number of amides is 1. The van der Waals surface area contributed by atoms with E-state index in [4.69, 9.17) is 14.0 Å². The van der Waals surface area contributed by atoms with Crippen LogP contribution < -0.4 is 19.5 Å². The van der Waals surface area contributed by atoms with Gasteiger partial charge >= 0.3 is 0 Å². The molecule has 2 heterocycles. The molecule has 0 saturated heterocycles. The molecule has 1 amide bonds. The molecule has 0 aliphatic rings. The topological polar surface area (TPSA) is 120 Å². The summed E-state index contributed by atoms with van der Waals surface area (Å²) in [4.78, 5) is 12.4. The molecule has 0 saturated carbocycles. The van der Waals surface area contributed by atoms with Gasteiger partial charge in [-0.2, -0.15) is 0 Å². The maximum atomic E-state index is 12.8. The highest BCUT2D eigenvalue weighted by atomic mass is 32.2. The highest BCUT2D eigenvalue weighted by molar-refractivity contribution is 7.94. The average Bonchev–Trinajstić information content (AvgIpc) is 3.40. The van der Waals surface area contributed by atoms with Crippen molar-refractivity contribution in [3.05, 3.63) is 46.7 Å². The van der Waals surface area contributed by atoms with Gasteiger partial charge in [-0.3, -0.25) is 9.52 Å². The van der Waals surface area contributed by atoms with Gasteiger partial charge < -0.3 is 19.3 Å². The van der Waals surface area contributed by atoms with Crippen LogP contribution in [0.1, 0.15) is 29.7 Å². The minimum Gasteiger partial charge on any atom is -0.497 e. The molecule has 11 heteroatoms. The summed E-state index contributed by atoms with van der Waals surface area (Å²) in [5.41, 5.74) is 1.34. The van der Waals surface area contributed by atoms with Crippen molar-refractivity contribution in [2.24, 2.45) is 0 Å². The van der Waals surface area contributed by atoms with Gasteiger partial charge in [-0.1, -0.05) is 12.1 Å². The van der Waals surface area contributed by atoms with Crippen LogP contribution in [0.2, 0.25) is 0 Å². The lowest BCUT2D eigenvalue weighted by atomic mass is 10.2. The van der Waals surface area contributed by atoms with E-state index < -0.39 is 10.0 Å². The third-order valence-corrected chi connectivity index (χ3v) is 7.30. The molecule has 9 nitrogen and oxygen atoms in total. The minimum atomic E-state index is -3.83. The number of rotatable bonds is 9. The Morgan fingerprint density at radius 1 is 1.19 bits per heavy atom. The van der Waals surface area contributed by atoms with E-state index in [0.717, 1.165) is 11.3 Å². The second-order valence-corrected chi connectivity index (χ2v) is 9.60. The van der Waals surface area contributed by atoms with E-state index in [-0.39, 0.29) is 10.1 Å². The van der Waals surface area contributed by atoms with Crippen molar-refractivity contribution in [3.63, 3.8) is 0 Å². The number of carbonyl (C=O) groups excluding carboxylic acids is 1. The summed E-state index contributed by atoms with van der Waals surface area (Å²) in [7, 11) is -0.869. The van der Waals surface area contributed by atoms with Crippen LogP contribution in [0.4, 0.5) is 11.4 Å². The Balaban J connectivity index is 1.79. The lowest BCUT2D eigenvalue weighted by molar-refractivity contribution is -0.115. The molecule has 0 aliphatic carbocycles. The molecule has 0 fully saturated rings. The number of aryl methyl sites for hydroxylation is 1. The molecule has 3 rings (SSSR count). The standard InChI is InChI=1S/C21H23N3O6S2/c1-5-19(25)22-21-13(2)23-30-17(21)10-7-15-8-11-20(31-15)32(26,27)24-16-9-6-14(28-3)12-18(16)29-4/h6-12,24H,5H2,1-4H3,(H,22,25). The largest absolute Gasteiger partial charge is 0.497 e. The van der Waals surface area contributed by atoms with Gasteiger partial charge in [-0.15, -0.1) is 11.3 Å². The van der Waals surface area contributed by atoms with E-state index in [9.17, 15) is 13.2 Å². The number of nitrogens with zero attached hydrogens (tertiary/aromatic N) is 1. The van der Waals surface area contributed by atoms with Crippen LogP contribution in [0.3, 0.4) is 0 Å². The first-order chi connectivity index (χ1) is 15.3. The molecule has 0 bridgehead atoms. The van der Waals surface area contributed by atoms with Gasteiger partial charge in [0, 0.05) is 17.4 Å². The van der Waals surface area contributed by atoms with Gasteiger partial charge in [0.15, 0.2) is 5.76 Å². The van der Waals surface area contributed by atoms with E-state index in [1.807, 2.05) is 0 Å². The molecular formula is C21H23N3O6S2. The Bertz CT molecular complexity index is 1240. The average molecular weight is 478 g/mol. The number of anilines is 2. The predicted octanol–water partition coefficient (Wildman–Crippen LogP) is 4.38. The summed E-state index contributed by atoms with van der Waals surface area (Å²) < 4.78 is 44.0. The lowest BCUT2D eigenvalue weighted by Gasteiger charge is -2.12. The molecule has 0 spiro atoms. The molecular weight excluding hydrogens is 454 g/mol. The van der Waals surface area contributed by atoms with Crippen molar-refractivity contribution in [1.82, 2.24) is 5.16 Å². The molecule has 0 unspecified atom stereocenters. The molecule has 2 N–H and O–H groups in total. The van der Waals surface area contributed by atoms with Crippen LogP contribution in [0.15, 0.2) is 39.1 Å². The fourth-order valence-corrected chi connectivity index (χ4v) is 4.98. The quantitative estimate of drug-likeness (QED) is 0.469. The maximum Gasteiger partial charge on any atom is 0.271 e. The minimum absolute atomic E-state index is 0.128. The van der Waals surface area contributed by atoms with Crippen LogP contribution in [-0.2, 0) is 14.8 Å². The van der Waals surface area contributed by atoms with Crippen molar-refractivity contribution in [1.29, 1.82) is 0 Å². The summed E-state index contributed by atoms with van der Waals surface area (Å²) >= 11 is 1.08. The molecule has 2 aromatic heterocycles. The van der Waals surface area contributed by atoms with Crippen molar-refractivity contribution >= 4 is 50.8 Å². The van der Waals surface area contributed by atoms with Crippen LogP contribution >= 0.6 is 11.3 Å². The van der Waals surface area contributed by atoms with Gasteiger partial charge in [0.1, 0.15) is 27.1 Å². The molecule has 1 aromatic carbocycles. The summed E-state index contributed by atoms with van der Waals surface area (Å²) in [5.74, 6) is 1.11. The summed E-state index contributed by atoms with van der Waals surface area (Å²) in [5, 5.41) is 6.62. The Morgan fingerprint density at radius 2 is 1.97 bits per heavy atom. The first-order valence-corrected chi connectivity index (χ1v) is 11.9. The maximum absolute atomic E-state index is 12.8. The van der Waals surface area contributed by atoms with Crippen molar-refractivity contribution in [2.45, 2.75) is 24.5 Å². The predicted molar refractivity (Wildman–Crippen MR) is 124 cm³/mol. The molecule has 32 heavy (non-hydrogen) atoms. The van der Waals surface area contributed by atoms with Crippen molar-refractivity contribution in [2.75, 3.05) is 24.3 Å². The Hall–Kier alpha value is -3.31. The summed E-state index contributed by atoms with van der Waals surface area (Å²) in [6, 6.07) is 7.98. The molecule has 0 aliphatic heterocycles. The smallest absolute Gasteiger partial charge is 0.271 e. The summed E-state index contributed by atoms with van der Waals surface area (Å²) in [6.07, 6.45) is 3.65. The zero-order valence-electron chi connectivity index (χ0n) is 18.0. The number of hydrogen-bond acceptors (Lipinski definition) is 8. The molecule has 0 radical (unpaired) electrons. The first kappa shape index (κ1) is 23.4. The zero-order valence-corrected chi connectivity index (χ0v) is 19.6. The van der Waals surface area contributed by atoms with E-state index in [1.54, 1.807) is 50.3 Å². The van der Waals surface area contributed by atoms with E-state index in [2.05, 4.69) is 15.2 Å². The van der Waals surface area contributed by atoms with Crippen molar-refractivity contribution < 1.29 is 27.2 Å². The van der Waals surface area contributed by atoms with Gasteiger partial charge in [-0.25, -0.2) is 8.42 Å². The second kappa shape index (κ2) is 9.88. The van der Waals surface area contributed by atoms with Crippen LogP contribution in [-0.4, -0.2) is 33.7 Å². The SMILES string of the molecule is CCC(=O)Nc1c(C)noc1C=Cc1ccc(S(=O)(=O)Nc2ccc(OC)cc2OC)s1. The molecule has 3 aromatic rings. The molecule has 0 atom stereocenters. The normalized spacial score (nSPS) is 11.5. The monoisotopic (exact) mass is 477 g/mol. The van der Waals surface area contributed by atoms with Crippen LogP contribution in [0.5, 0.6) is 11.5 Å². The van der Waals surface area contributed by atoms with Crippen molar-refractivity contribution in [3.8, 4) is 11.5 Å². The van der Waals surface area contributed by atoms with E-state index in [0.29, 0.717) is 45.6 Å². The Morgan fingerprint density at radius 3 is 2.66 bits per heavy atom. The number of carbonyl (C=O) groups is 1. The highest BCUT2D eigenvalue weighted by Gasteiger charge is 2.19. The van der Waals surface area contributed by atoms with Gasteiger partial charge in [0.05, 0.1) is 19.9 Å². The van der Waals surface area contributed by atoms with Crippen LogP contribution in [0, 0.1) is 6.92 Å². The van der Waals surface area contributed by atoms with Gasteiger partial charge in [-0.05, 0) is 43.3 Å². The first-order valence-electron chi connectivity index (χ1n) is 9.56. The van der Waals surface area contributed by atoms with E-state index >= 15 is 0 Å². The number of sulfonamides is 1. The number of benzene rings is 1. The van der Waals surface area contributed by atoms with E-state index in [1.165, 1.54) is 20.3 Å². The highest BCUT2D eigenvalue weighted by Crippen LogP contribution is 2.32. The number of hydrogen-bond donors (Lipinski definition) is 2. The van der Waals surface area contributed by atoms with Gasteiger partial charge in [0.25, 0.3) is 10.0 Å². The number of ether oxygens (including phenoxy) is 2. The molecule has 170 valence electrons. The number of nitrogens with one attached hydrogen (secondary N) is 2. The number of aromatic nitrogens is 1. The fraction of sp³-hybridized carbons (Fsp3) is 0.238. The second-order valence-electron chi connectivity index (χ2n) is 6.57. The van der Waals surface area contributed by atoms with Crippen LogP contribution in [0.25, 0.3) is 12.2 Å². The lowest BCUT2D eigenvalue weighted by Crippen LogP contribution is -2.12. The third-order valence-electron chi connectivity index (χ3n) is 4.39. The number of methoxy groups -OCH3 is 2. The fourth-order valence-electron chi connectivity index (χ4n) is 2.68.